The molecule has 0 aliphatic carbocycles. The molecule has 2 aliphatic rings. The number of carbonyl (C=O) groups is 3. The zero-order chi connectivity index (χ0) is 19.3. The number of nitrogens with zero attached hydrogens (tertiary/aromatic N) is 1. The third-order valence-corrected chi connectivity index (χ3v) is 4.61. The Morgan fingerprint density at radius 3 is 2.41 bits per heavy atom. The Bertz CT molecular complexity index is 1030. The van der Waals surface area contributed by atoms with Crippen LogP contribution in [0.2, 0.25) is 0 Å². The average molecular weight is 366 g/mol. The lowest BCUT2D eigenvalue weighted by Crippen LogP contribution is -2.58. The molecule has 136 valence electrons. The van der Waals surface area contributed by atoms with E-state index in [0.29, 0.717) is 10.6 Å². The van der Waals surface area contributed by atoms with E-state index in [1.165, 1.54) is 43.5 Å². The number of amides is 2. The first-order chi connectivity index (χ1) is 12.9. The highest BCUT2D eigenvalue weighted by atomic mass is 16.5. The van der Waals surface area contributed by atoms with Gasteiger partial charge in [0.05, 0.1) is 18.5 Å². The summed E-state index contributed by atoms with van der Waals surface area (Å²) in [5.74, 6) is -3.41. The second-order valence-electron chi connectivity index (χ2n) is 6.07. The predicted molar refractivity (Wildman–Crippen MR) is 95.1 cm³/mol. The summed E-state index contributed by atoms with van der Waals surface area (Å²) in [5, 5.41) is 24.2. The minimum Gasteiger partial charge on any atom is -0.507 e. The molecule has 1 fully saturated rings. The fourth-order valence-electron chi connectivity index (χ4n) is 3.27. The van der Waals surface area contributed by atoms with E-state index in [9.17, 15) is 24.6 Å². The number of Topliss-reactive ketones (excluding diaryl/α,β-unsaturated/α-hetero) is 1. The van der Waals surface area contributed by atoms with Crippen LogP contribution in [0.5, 0.6) is 5.75 Å². The number of aliphatic hydroxyl groups is 2. The number of fused-ring (bicyclic) bond motifs is 3. The largest absolute Gasteiger partial charge is 0.507 e. The van der Waals surface area contributed by atoms with Crippen molar-refractivity contribution >= 4 is 34.7 Å². The van der Waals surface area contributed by atoms with Gasteiger partial charge >= 0.3 is 5.91 Å². The van der Waals surface area contributed by atoms with Gasteiger partial charge in [0.25, 0.3) is 17.4 Å². The molecule has 4 rings (SSSR count). The smallest absolute Gasteiger partial charge is 0.302 e. The minimum atomic E-state index is -2.65. The van der Waals surface area contributed by atoms with Gasteiger partial charge in [-0.2, -0.15) is 0 Å². The van der Waals surface area contributed by atoms with E-state index in [2.05, 4.69) is 5.32 Å². The molecule has 2 aliphatic heterocycles. The normalized spacial score (nSPS) is 22.9. The molecule has 0 saturated carbocycles. The molecule has 0 radical (unpaired) electrons. The third kappa shape index (κ3) is 2.17. The predicted octanol–water partition coefficient (Wildman–Crippen LogP) is 1.22. The number of methoxy groups -OCH3 is 1. The van der Waals surface area contributed by atoms with Crippen molar-refractivity contribution in [1.29, 1.82) is 0 Å². The van der Waals surface area contributed by atoms with Crippen LogP contribution in [0.25, 0.3) is 5.76 Å². The molecule has 2 amide bonds. The summed E-state index contributed by atoms with van der Waals surface area (Å²) < 4.78 is 5.03. The maximum Gasteiger partial charge on any atom is 0.302 e. The fraction of sp³-hybridized carbons (Fsp3) is 0.105. The van der Waals surface area contributed by atoms with Crippen LogP contribution in [0, 0.1) is 0 Å². The quantitative estimate of drug-likeness (QED) is 0.418. The highest BCUT2D eigenvalue weighted by molar-refractivity contribution is 6.55. The van der Waals surface area contributed by atoms with Crippen LogP contribution in [0.15, 0.2) is 54.1 Å². The van der Waals surface area contributed by atoms with E-state index in [0.717, 1.165) is 0 Å². The average Bonchev–Trinajstić information content (AvgIpc) is 2.89. The molecule has 2 aromatic carbocycles. The number of carbonyl (C=O) groups excluding carboxylic acids is 3. The van der Waals surface area contributed by atoms with Crippen molar-refractivity contribution in [3.8, 4) is 5.75 Å². The van der Waals surface area contributed by atoms with Crippen molar-refractivity contribution in [2.45, 2.75) is 5.72 Å². The van der Waals surface area contributed by atoms with Crippen LogP contribution in [0.4, 0.5) is 11.4 Å². The molecular weight excluding hydrogens is 352 g/mol. The van der Waals surface area contributed by atoms with Gasteiger partial charge in [0, 0.05) is 5.56 Å². The number of para-hydroxylation sites is 2. The van der Waals surface area contributed by atoms with Gasteiger partial charge in [-0.3, -0.25) is 19.3 Å². The van der Waals surface area contributed by atoms with Crippen molar-refractivity contribution in [3.63, 3.8) is 0 Å². The molecular formula is C19H14N2O6. The number of nitrogens with one attached hydrogen (secondary N) is 1. The van der Waals surface area contributed by atoms with Gasteiger partial charge in [-0.25, -0.2) is 0 Å². The Kier molecular flexibility index (Phi) is 3.53. The van der Waals surface area contributed by atoms with Gasteiger partial charge < -0.3 is 20.3 Å². The second-order valence-corrected chi connectivity index (χ2v) is 6.07. The van der Waals surface area contributed by atoms with Crippen LogP contribution >= 0.6 is 0 Å². The molecule has 0 bridgehead atoms. The molecule has 0 aromatic heterocycles. The third-order valence-electron chi connectivity index (χ3n) is 4.61. The Morgan fingerprint density at radius 2 is 1.74 bits per heavy atom. The maximum absolute atomic E-state index is 12.6. The molecule has 1 unspecified atom stereocenters. The van der Waals surface area contributed by atoms with Crippen molar-refractivity contribution in [2.24, 2.45) is 0 Å². The number of hydrogen-bond acceptors (Lipinski definition) is 6. The molecule has 8 nitrogen and oxygen atoms in total. The fourth-order valence-corrected chi connectivity index (χ4v) is 3.27. The second kappa shape index (κ2) is 5.68. The number of benzene rings is 2. The molecule has 0 spiro atoms. The van der Waals surface area contributed by atoms with Crippen LogP contribution in [0.3, 0.4) is 0 Å². The zero-order valence-electron chi connectivity index (χ0n) is 14.1. The lowest BCUT2D eigenvalue weighted by atomic mass is 9.95. The molecule has 27 heavy (non-hydrogen) atoms. The van der Waals surface area contributed by atoms with Crippen molar-refractivity contribution in [1.82, 2.24) is 0 Å². The summed E-state index contributed by atoms with van der Waals surface area (Å²) in [6.45, 7) is 0. The lowest BCUT2D eigenvalue weighted by Gasteiger charge is -2.37. The molecule has 2 heterocycles. The first-order valence-corrected chi connectivity index (χ1v) is 7.99. The van der Waals surface area contributed by atoms with Crippen LogP contribution in [-0.4, -0.2) is 40.6 Å². The lowest BCUT2D eigenvalue weighted by molar-refractivity contribution is -0.134. The summed E-state index contributed by atoms with van der Waals surface area (Å²) in [4.78, 5) is 38.5. The summed E-state index contributed by atoms with van der Waals surface area (Å²) in [7, 11) is 1.47. The summed E-state index contributed by atoms with van der Waals surface area (Å²) in [5.41, 5.74) is -2.75. The Labute approximate surface area is 153 Å². The van der Waals surface area contributed by atoms with E-state index in [4.69, 9.17) is 4.74 Å². The Morgan fingerprint density at radius 1 is 1.07 bits per heavy atom. The standard InChI is InChI=1S/C19H14N2O6/c1-27-11-8-6-10(7-9-11)15(22)14-16(23)17(24)21-13-5-3-2-4-12(13)20-18(25)19(14,21)26/h2-9,22,26H,1H3,(H,20,25)/b15-14-. The van der Waals surface area contributed by atoms with Gasteiger partial charge in [-0.15, -0.1) is 0 Å². The maximum atomic E-state index is 12.6. The molecule has 3 N–H and O–H groups in total. The number of hydrogen-bond donors (Lipinski definition) is 3. The van der Waals surface area contributed by atoms with E-state index < -0.39 is 34.7 Å². The van der Waals surface area contributed by atoms with Crippen molar-refractivity contribution < 1.29 is 29.3 Å². The Hall–Kier alpha value is -3.65. The van der Waals surface area contributed by atoms with Gasteiger partial charge in [0.15, 0.2) is 0 Å². The number of ether oxygens (including phenoxy) is 1. The van der Waals surface area contributed by atoms with Crippen LogP contribution < -0.4 is 15.0 Å². The number of ketones is 1. The highest BCUT2D eigenvalue weighted by Crippen LogP contribution is 2.45. The van der Waals surface area contributed by atoms with Gasteiger partial charge in [0.1, 0.15) is 17.1 Å². The van der Waals surface area contributed by atoms with Crippen LogP contribution in [0.1, 0.15) is 5.56 Å². The first kappa shape index (κ1) is 16.8. The first-order valence-electron chi connectivity index (χ1n) is 7.99. The van der Waals surface area contributed by atoms with E-state index >= 15 is 0 Å². The highest BCUT2D eigenvalue weighted by Gasteiger charge is 2.63. The van der Waals surface area contributed by atoms with E-state index in [1.54, 1.807) is 12.1 Å². The molecule has 8 heteroatoms. The molecule has 2 aromatic rings. The van der Waals surface area contributed by atoms with Crippen LogP contribution in [-0.2, 0) is 14.4 Å². The van der Waals surface area contributed by atoms with Gasteiger partial charge in [0.2, 0.25) is 0 Å². The monoisotopic (exact) mass is 366 g/mol. The summed E-state index contributed by atoms with van der Waals surface area (Å²) in [6, 6.07) is 12.2. The molecule has 1 atom stereocenters. The van der Waals surface area contributed by atoms with Gasteiger partial charge in [-0.1, -0.05) is 12.1 Å². The molecule has 1 saturated heterocycles. The topological polar surface area (TPSA) is 116 Å². The van der Waals surface area contributed by atoms with E-state index in [1.807, 2.05) is 0 Å². The van der Waals surface area contributed by atoms with E-state index in [-0.39, 0.29) is 16.9 Å². The van der Waals surface area contributed by atoms with Crippen molar-refractivity contribution in [3.05, 3.63) is 59.7 Å². The van der Waals surface area contributed by atoms with Gasteiger partial charge in [-0.05, 0) is 36.4 Å². The number of aliphatic hydroxyl groups excluding tert-OH is 1. The minimum absolute atomic E-state index is 0.147. The summed E-state index contributed by atoms with van der Waals surface area (Å²) in [6.07, 6.45) is 0. The number of rotatable bonds is 2. The number of anilines is 2. The SMILES string of the molecule is COc1ccc(/C(O)=C2\C(=O)C(=O)N3c4ccccc4NC(=O)C23O)cc1. The Balaban J connectivity index is 1.93. The van der Waals surface area contributed by atoms with Crippen molar-refractivity contribution in [2.75, 3.05) is 17.3 Å². The summed E-state index contributed by atoms with van der Waals surface area (Å²) >= 11 is 0. The zero-order valence-corrected chi connectivity index (χ0v) is 14.1.